The average molecular weight is 407 g/mol. The van der Waals surface area contributed by atoms with Crippen molar-refractivity contribution in [1.82, 2.24) is 15.0 Å². The zero-order valence-corrected chi connectivity index (χ0v) is 16.8. The molecule has 1 aromatic heterocycles. The molecule has 0 bridgehead atoms. The van der Waals surface area contributed by atoms with Crippen molar-refractivity contribution < 1.29 is 19.1 Å². The Morgan fingerprint density at radius 3 is 2.43 bits per heavy atom. The molecular weight excluding hydrogens is 386 g/mol. The number of carbonyl (C=O) groups excluding carboxylic acids is 3. The van der Waals surface area contributed by atoms with Crippen molar-refractivity contribution in [3.63, 3.8) is 0 Å². The third-order valence-electron chi connectivity index (χ3n) is 4.39. The third-order valence-corrected chi connectivity index (χ3v) is 4.39. The molecule has 30 heavy (non-hydrogen) atoms. The van der Waals surface area contributed by atoms with Gasteiger partial charge in [-0.25, -0.2) is 4.68 Å². The van der Waals surface area contributed by atoms with Gasteiger partial charge < -0.3 is 15.4 Å². The average Bonchev–Trinajstić information content (AvgIpc) is 3.09. The first-order valence-electron chi connectivity index (χ1n) is 9.13. The van der Waals surface area contributed by atoms with E-state index in [0.29, 0.717) is 28.4 Å². The summed E-state index contributed by atoms with van der Waals surface area (Å²) in [6.07, 6.45) is 0. The number of nitrogens with one attached hydrogen (secondary N) is 2. The lowest BCUT2D eigenvalue weighted by molar-refractivity contribution is -0.117. The fourth-order valence-corrected chi connectivity index (χ4v) is 2.74. The van der Waals surface area contributed by atoms with Crippen LogP contribution in [-0.2, 0) is 11.3 Å². The molecule has 0 atom stereocenters. The van der Waals surface area contributed by atoms with Crippen LogP contribution in [0.5, 0.6) is 5.75 Å². The van der Waals surface area contributed by atoms with Gasteiger partial charge in [-0.15, -0.1) is 5.10 Å². The molecule has 2 amide bonds. The summed E-state index contributed by atoms with van der Waals surface area (Å²) in [7, 11) is 1.56. The number of Topliss-reactive ketones (excluding diaryl/α,β-unsaturated/α-hetero) is 1. The fourth-order valence-electron chi connectivity index (χ4n) is 2.74. The first-order valence-corrected chi connectivity index (χ1v) is 9.13. The maximum atomic E-state index is 12.5. The van der Waals surface area contributed by atoms with Gasteiger partial charge in [0.25, 0.3) is 5.91 Å². The number of ether oxygens (including phenoxy) is 1. The minimum Gasteiger partial charge on any atom is -0.497 e. The van der Waals surface area contributed by atoms with E-state index in [1.807, 2.05) is 0 Å². The molecule has 0 aliphatic rings. The highest BCUT2D eigenvalue weighted by atomic mass is 16.5. The van der Waals surface area contributed by atoms with Crippen LogP contribution in [0.3, 0.4) is 0 Å². The largest absolute Gasteiger partial charge is 0.497 e. The lowest BCUT2D eigenvalue weighted by Crippen LogP contribution is -2.21. The lowest BCUT2D eigenvalue weighted by Gasteiger charge is -2.08. The van der Waals surface area contributed by atoms with Crippen molar-refractivity contribution in [1.29, 1.82) is 0 Å². The molecule has 0 aliphatic heterocycles. The molecular formula is C21H21N5O4. The molecule has 9 nitrogen and oxygen atoms in total. The minimum atomic E-state index is -0.432. The first-order chi connectivity index (χ1) is 14.4. The van der Waals surface area contributed by atoms with E-state index in [-0.39, 0.29) is 23.9 Å². The van der Waals surface area contributed by atoms with E-state index >= 15 is 0 Å². The van der Waals surface area contributed by atoms with Crippen molar-refractivity contribution in [2.24, 2.45) is 0 Å². The van der Waals surface area contributed by atoms with Gasteiger partial charge in [0.15, 0.2) is 11.5 Å². The van der Waals surface area contributed by atoms with Crippen molar-refractivity contribution in [3.8, 4) is 5.75 Å². The summed E-state index contributed by atoms with van der Waals surface area (Å²) < 4.78 is 6.43. The number of hydrogen-bond acceptors (Lipinski definition) is 6. The molecule has 2 N–H and O–H groups in total. The van der Waals surface area contributed by atoms with E-state index < -0.39 is 5.91 Å². The molecule has 9 heteroatoms. The number of carbonyl (C=O) groups is 3. The lowest BCUT2D eigenvalue weighted by atomic mass is 10.1. The van der Waals surface area contributed by atoms with Gasteiger partial charge in [0, 0.05) is 16.9 Å². The number of methoxy groups -OCH3 is 1. The molecule has 0 aliphatic carbocycles. The standard InChI is InChI=1S/C21H21N5O4/c1-13-20(21(29)23-16-7-9-18(30-3)10-8-16)24-25-26(13)12-19(28)22-17-6-4-5-15(11-17)14(2)27/h4-11H,12H2,1-3H3,(H,22,28)(H,23,29). The van der Waals surface area contributed by atoms with Crippen molar-refractivity contribution >= 4 is 29.0 Å². The van der Waals surface area contributed by atoms with E-state index in [1.54, 1.807) is 62.6 Å². The van der Waals surface area contributed by atoms with Gasteiger partial charge in [-0.1, -0.05) is 17.3 Å². The van der Waals surface area contributed by atoms with Gasteiger partial charge >= 0.3 is 0 Å². The molecule has 0 saturated heterocycles. The van der Waals surface area contributed by atoms with Crippen LogP contribution in [0.1, 0.15) is 33.5 Å². The minimum absolute atomic E-state index is 0.0919. The highest BCUT2D eigenvalue weighted by molar-refractivity contribution is 6.03. The Labute approximate surface area is 173 Å². The number of aromatic nitrogens is 3. The molecule has 3 rings (SSSR count). The Balaban J connectivity index is 1.65. The Morgan fingerprint density at radius 2 is 1.77 bits per heavy atom. The molecule has 0 radical (unpaired) electrons. The van der Waals surface area contributed by atoms with Gasteiger partial charge in [0.2, 0.25) is 5.91 Å². The van der Waals surface area contributed by atoms with E-state index in [0.717, 1.165) is 0 Å². The summed E-state index contributed by atoms with van der Waals surface area (Å²) in [5.74, 6) is -0.204. The van der Waals surface area contributed by atoms with E-state index in [2.05, 4.69) is 20.9 Å². The Morgan fingerprint density at radius 1 is 1.03 bits per heavy atom. The number of anilines is 2. The highest BCUT2D eigenvalue weighted by Crippen LogP contribution is 2.16. The maximum Gasteiger partial charge on any atom is 0.278 e. The highest BCUT2D eigenvalue weighted by Gasteiger charge is 2.18. The molecule has 154 valence electrons. The van der Waals surface area contributed by atoms with Crippen LogP contribution in [-0.4, -0.2) is 39.7 Å². The second kappa shape index (κ2) is 8.99. The topological polar surface area (TPSA) is 115 Å². The van der Waals surface area contributed by atoms with Crippen LogP contribution < -0.4 is 15.4 Å². The number of amides is 2. The number of nitrogens with zero attached hydrogens (tertiary/aromatic N) is 3. The van der Waals surface area contributed by atoms with Gasteiger partial charge in [-0.3, -0.25) is 14.4 Å². The summed E-state index contributed by atoms with van der Waals surface area (Å²) in [6, 6.07) is 13.5. The summed E-state index contributed by atoms with van der Waals surface area (Å²) in [5.41, 5.74) is 2.16. The van der Waals surface area contributed by atoms with Gasteiger partial charge in [0.1, 0.15) is 12.3 Å². The molecule has 0 spiro atoms. The number of ketones is 1. The SMILES string of the molecule is COc1ccc(NC(=O)c2nnn(CC(=O)Nc3cccc(C(C)=O)c3)c2C)cc1. The summed E-state index contributed by atoms with van der Waals surface area (Å²) in [5, 5.41) is 13.2. The van der Waals surface area contributed by atoms with E-state index in [4.69, 9.17) is 4.74 Å². The second-order valence-corrected chi connectivity index (χ2v) is 6.55. The molecule has 2 aromatic carbocycles. The fraction of sp³-hybridized carbons (Fsp3) is 0.190. The molecule has 3 aromatic rings. The Hall–Kier alpha value is -4.01. The van der Waals surface area contributed by atoms with Crippen LogP contribution in [0, 0.1) is 6.92 Å². The van der Waals surface area contributed by atoms with Gasteiger partial charge in [-0.2, -0.15) is 0 Å². The first kappa shape index (κ1) is 20.7. The summed E-state index contributed by atoms with van der Waals surface area (Å²) in [6.45, 7) is 2.99. The zero-order chi connectivity index (χ0) is 21.7. The van der Waals surface area contributed by atoms with Crippen LogP contribution in [0.25, 0.3) is 0 Å². The molecule has 0 fully saturated rings. The smallest absolute Gasteiger partial charge is 0.278 e. The van der Waals surface area contributed by atoms with Crippen LogP contribution in [0.15, 0.2) is 48.5 Å². The normalized spacial score (nSPS) is 10.4. The van der Waals surface area contributed by atoms with Crippen molar-refractivity contribution in [2.75, 3.05) is 17.7 Å². The van der Waals surface area contributed by atoms with Crippen LogP contribution >= 0.6 is 0 Å². The Kier molecular flexibility index (Phi) is 6.21. The third kappa shape index (κ3) is 4.88. The van der Waals surface area contributed by atoms with E-state index in [1.165, 1.54) is 11.6 Å². The molecule has 1 heterocycles. The van der Waals surface area contributed by atoms with Crippen molar-refractivity contribution in [2.45, 2.75) is 20.4 Å². The monoisotopic (exact) mass is 407 g/mol. The van der Waals surface area contributed by atoms with Crippen molar-refractivity contribution in [3.05, 3.63) is 65.5 Å². The summed E-state index contributed by atoms with van der Waals surface area (Å²) in [4.78, 5) is 36.3. The number of rotatable bonds is 7. The van der Waals surface area contributed by atoms with E-state index in [9.17, 15) is 14.4 Å². The molecule has 0 saturated carbocycles. The maximum absolute atomic E-state index is 12.5. The molecule has 0 unspecified atom stereocenters. The number of benzene rings is 2. The van der Waals surface area contributed by atoms with Crippen LogP contribution in [0.2, 0.25) is 0 Å². The zero-order valence-electron chi connectivity index (χ0n) is 16.8. The van der Waals surface area contributed by atoms with Gasteiger partial charge in [0.05, 0.1) is 12.8 Å². The number of hydrogen-bond donors (Lipinski definition) is 2. The predicted octanol–water partition coefficient (Wildman–Crippen LogP) is 2.69. The van der Waals surface area contributed by atoms with Gasteiger partial charge in [-0.05, 0) is 50.2 Å². The second-order valence-electron chi connectivity index (χ2n) is 6.55. The predicted molar refractivity (Wildman–Crippen MR) is 111 cm³/mol. The summed E-state index contributed by atoms with van der Waals surface area (Å²) >= 11 is 0. The quantitative estimate of drug-likeness (QED) is 0.582. The van der Waals surface area contributed by atoms with Crippen LogP contribution in [0.4, 0.5) is 11.4 Å². The Bertz CT molecular complexity index is 1090.